The molecule has 0 radical (unpaired) electrons. The summed E-state index contributed by atoms with van der Waals surface area (Å²) in [6.07, 6.45) is 2.50. The van der Waals surface area contributed by atoms with E-state index in [1.807, 2.05) is 41.3 Å². The van der Waals surface area contributed by atoms with E-state index in [-0.39, 0.29) is 5.91 Å². The van der Waals surface area contributed by atoms with Gasteiger partial charge in [-0.05, 0) is 47.9 Å². The van der Waals surface area contributed by atoms with Crippen LogP contribution in [0.4, 0.5) is 5.69 Å². The summed E-state index contributed by atoms with van der Waals surface area (Å²) in [6, 6.07) is 13.4. The lowest BCUT2D eigenvalue weighted by Crippen LogP contribution is -2.28. The van der Waals surface area contributed by atoms with Crippen molar-refractivity contribution >= 4 is 33.7 Å². The smallest absolute Gasteiger partial charge is 0.258 e. The quantitative estimate of drug-likeness (QED) is 0.620. The fraction of sp³-hybridized carbons (Fsp3) is 0.176. The molecule has 0 spiro atoms. The monoisotopic (exact) mass is 358 g/mol. The van der Waals surface area contributed by atoms with Gasteiger partial charge < -0.3 is 9.74 Å². The number of carbonyl (C=O) groups excluding carboxylic acids is 1. The maximum Gasteiger partial charge on any atom is 0.258 e. The van der Waals surface area contributed by atoms with E-state index in [4.69, 9.17) is 0 Å². The van der Waals surface area contributed by atoms with Crippen LogP contribution in [0.3, 0.4) is 0 Å². The molecule has 22 heavy (non-hydrogen) atoms. The number of hydrogen-bond donors (Lipinski definition) is 0. The summed E-state index contributed by atoms with van der Waals surface area (Å²) in [4.78, 5) is 19.2. The van der Waals surface area contributed by atoms with Gasteiger partial charge in [-0.15, -0.1) is 0 Å². The van der Waals surface area contributed by atoms with E-state index in [0.717, 1.165) is 28.7 Å². The van der Waals surface area contributed by atoms with E-state index in [1.165, 1.54) is 12.7 Å². The van der Waals surface area contributed by atoms with E-state index in [9.17, 15) is 4.79 Å². The van der Waals surface area contributed by atoms with Gasteiger partial charge in [0.25, 0.3) is 5.91 Å². The minimum absolute atomic E-state index is 0.0244. The first-order valence-corrected chi connectivity index (χ1v) is 7.75. The molecular formula is C17H15BrN2O2. The van der Waals surface area contributed by atoms with Crippen molar-refractivity contribution in [2.24, 2.45) is 5.16 Å². The largest absolute Gasteiger partial charge is 0.399 e. The second-order valence-electron chi connectivity index (χ2n) is 5.02. The predicted octanol–water partition coefficient (Wildman–Crippen LogP) is 3.63. The molecule has 0 aliphatic carbocycles. The lowest BCUT2D eigenvalue weighted by Gasteiger charge is -2.17. The third-order valence-electron chi connectivity index (χ3n) is 3.65. The van der Waals surface area contributed by atoms with Crippen molar-refractivity contribution in [3.05, 3.63) is 63.6 Å². The maximum absolute atomic E-state index is 12.7. The zero-order valence-electron chi connectivity index (χ0n) is 12.1. The normalized spacial score (nSPS) is 13.5. The molecular weight excluding hydrogens is 344 g/mol. The maximum atomic E-state index is 12.7. The number of fused-ring (bicyclic) bond motifs is 1. The second-order valence-corrected chi connectivity index (χ2v) is 5.93. The summed E-state index contributed by atoms with van der Waals surface area (Å²) >= 11 is 3.47. The molecule has 0 saturated heterocycles. The minimum Gasteiger partial charge on any atom is -0.399 e. The Morgan fingerprint density at radius 1 is 1.27 bits per heavy atom. The molecule has 4 nitrogen and oxygen atoms in total. The molecule has 0 N–H and O–H groups in total. The van der Waals surface area contributed by atoms with Crippen LogP contribution >= 0.6 is 15.9 Å². The molecule has 2 aromatic rings. The number of rotatable bonds is 3. The Morgan fingerprint density at radius 3 is 2.77 bits per heavy atom. The summed E-state index contributed by atoms with van der Waals surface area (Å²) in [5, 5.41) is 3.71. The summed E-state index contributed by atoms with van der Waals surface area (Å²) < 4.78 is 1.04. The zero-order valence-corrected chi connectivity index (χ0v) is 13.7. The van der Waals surface area contributed by atoms with Gasteiger partial charge in [0.05, 0.1) is 6.21 Å². The molecule has 5 heteroatoms. The number of anilines is 1. The van der Waals surface area contributed by atoms with Crippen LogP contribution in [0, 0.1) is 0 Å². The Morgan fingerprint density at radius 2 is 2.05 bits per heavy atom. The molecule has 1 heterocycles. The number of hydrogen-bond acceptors (Lipinski definition) is 3. The van der Waals surface area contributed by atoms with Gasteiger partial charge in [-0.25, -0.2) is 0 Å². The van der Waals surface area contributed by atoms with Crippen LogP contribution in [-0.4, -0.2) is 25.8 Å². The van der Waals surface area contributed by atoms with Crippen molar-refractivity contribution in [3.8, 4) is 0 Å². The molecule has 1 aliphatic heterocycles. The predicted molar refractivity (Wildman–Crippen MR) is 90.6 cm³/mol. The average molecular weight is 359 g/mol. The number of halogens is 1. The Labute approximate surface area is 137 Å². The van der Waals surface area contributed by atoms with E-state index >= 15 is 0 Å². The van der Waals surface area contributed by atoms with Crippen molar-refractivity contribution in [2.75, 3.05) is 18.6 Å². The van der Waals surface area contributed by atoms with Gasteiger partial charge >= 0.3 is 0 Å². The highest BCUT2D eigenvalue weighted by Gasteiger charge is 2.25. The van der Waals surface area contributed by atoms with Gasteiger partial charge in [-0.2, -0.15) is 0 Å². The van der Waals surface area contributed by atoms with Gasteiger partial charge in [-0.1, -0.05) is 33.2 Å². The van der Waals surface area contributed by atoms with Crippen LogP contribution in [0.15, 0.2) is 52.1 Å². The molecule has 1 amide bonds. The van der Waals surface area contributed by atoms with E-state index < -0.39 is 0 Å². The Kier molecular flexibility index (Phi) is 4.24. The standard InChI is InChI=1S/C17H15BrN2O2/c1-22-19-11-12-2-4-13(5-3-12)17(21)20-9-8-14-10-15(18)6-7-16(14)20/h2-7,10-11H,8-9H2,1H3/b19-11+. The Balaban J connectivity index is 1.82. The van der Waals surface area contributed by atoms with Gasteiger partial charge in [0.2, 0.25) is 0 Å². The summed E-state index contributed by atoms with van der Waals surface area (Å²) in [6.45, 7) is 0.720. The highest BCUT2D eigenvalue weighted by molar-refractivity contribution is 9.10. The van der Waals surface area contributed by atoms with E-state index in [1.54, 1.807) is 6.21 Å². The molecule has 0 atom stereocenters. The van der Waals surface area contributed by atoms with Crippen molar-refractivity contribution in [1.82, 2.24) is 0 Å². The van der Waals surface area contributed by atoms with E-state index in [0.29, 0.717) is 5.56 Å². The van der Waals surface area contributed by atoms with E-state index in [2.05, 4.69) is 32.0 Å². The molecule has 0 aromatic heterocycles. The summed E-state index contributed by atoms with van der Waals surface area (Å²) in [5.41, 5.74) is 3.76. The topological polar surface area (TPSA) is 41.9 Å². The van der Waals surface area contributed by atoms with Gasteiger partial charge in [0.15, 0.2) is 0 Å². The number of nitrogens with zero attached hydrogens (tertiary/aromatic N) is 2. The number of amides is 1. The Bertz CT molecular complexity index is 726. The molecule has 1 aliphatic rings. The van der Waals surface area contributed by atoms with Gasteiger partial charge in [0.1, 0.15) is 7.11 Å². The second kappa shape index (κ2) is 6.32. The summed E-state index contributed by atoms with van der Waals surface area (Å²) in [5.74, 6) is 0.0244. The minimum atomic E-state index is 0.0244. The molecule has 0 bridgehead atoms. The third kappa shape index (κ3) is 2.90. The first kappa shape index (κ1) is 14.8. The fourth-order valence-electron chi connectivity index (χ4n) is 2.56. The van der Waals surface area contributed by atoms with Crippen LogP contribution in [0.25, 0.3) is 0 Å². The van der Waals surface area contributed by atoms with Crippen molar-refractivity contribution < 1.29 is 9.63 Å². The Hall–Kier alpha value is -2.14. The lowest BCUT2D eigenvalue weighted by atomic mass is 10.1. The van der Waals surface area contributed by atoms with Crippen molar-refractivity contribution in [1.29, 1.82) is 0 Å². The lowest BCUT2D eigenvalue weighted by molar-refractivity contribution is 0.0989. The van der Waals surface area contributed by atoms with Crippen LogP contribution in [0.5, 0.6) is 0 Å². The molecule has 0 unspecified atom stereocenters. The first-order chi connectivity index (χ1) is 10.7. The van der Waals surface area contributed by atoms with Crippen LogP contribution < -0.4 is 4.90 Å². The molecule has 112 valence electrons. The third-order valence-corrected chi connectivity index (χ3v) is 4.14. The highest BCUT2D eigenvalue weighted by atomic mass is 79.9. The van der Waals surface area contributed by atoms with Crippen molar-refractivity contribution in [2.45, 2.75) is 6.42 Å². The number of carbonyl (C=O) groups is 1. The van der Waals surface area contributed by atoms with Gasteiger partial charge in [0, 0.05) is 22.3 Å². The van der Waals surface area contributed by atoms with Gasteiger partial charge in [-0.3, -0.25) is 4.79 Å². The van der Waals surface area contributed by atoms with Crippen LogP contribution in [0.1, 0.15) is 21.5 Å². The summed E-state index contributed by atoms with van der Waals surface area (Å²) in [7, 11) is 1.50. The van der Waals surface area contributed by atoms with Crippen LogP contribution in [-0.2, 0) is 11.3 Å². The number of benzene rings is 2. The first-order valence-electron chi connectivity index (χ1n) is 6.96. The van der Waals surface area contributed by atoms with Crippen LogP contribution in [0.2, 0.25) is 0 Å². The average Bonchev–Trinajstić information content (AvgIpc) is 2.95. The molecule has 3 rings (SSSR count). The number of oxime groups is 1. The molecule has 2 aromatic carbocycles. The molecule has 0 saturated carbocycles. The highest BCUT2D eigenvalue weighted by Crippen LogP contribution is 2.31. The molecule has 0 fully saturated rings. The fourth-order valence-corrected chi connectivity index (χ4v) is 2.97. The zero-order chi connectivity index (χ0) is 15.5. The SMILES string of the molecule is CO/N=C/c1ccc(C(=O)N2CCc3cc(Br)ccc32)cc1. The van der Waals surface area contributed by atoms with Crippen molar-refractivity contribution in [3.63, 3.8) is 0 Å².